The predicted molar refractivity (Wildman–Crippen MR) is 42.5 cm³/mol. The van der Waals surface area contributed by atoms with Crippen molar-refractivity contribution in [2.24, 2.45) is 0 Å². The molecule has 0 aliphatic carbocycles. The van der Waals surface area contributed by atoms with E-state index in [9.17, 15) is 0 Å². The molecule has 0 saturated heterocycles. The van der Waals surface area contributed by atoms with Crippen LogP contribution < -0.4 is 0 Å². The van der Waals surface area contributed by atoms with E-state index in [1.807, 2.05) is 0 Å². The number of hydrogen-bond acceptors (Lipinski definition) is 0. The molecule has 0 aromatic rings. The van der Waals surface area contributed by atoms with Gasteiger partial charge in [0.05, 0.1) is 0 Å². The SMILES string of the molecule is Cl.Cl.Cl.O.O.O.[InH3]. The summed E-state index contributed by atoms with van der Waals surface area (Å²) >= 11 is 0. The normalized spacial score (nSPS) is 0. The van der Waals surface area contributed by atoms with Crippen LogP contribution in [0.3, 0.4) is 0 Å². The molecule has 0 saturated carbocycles. The zero-order chi connectivity index (χ0) is 0. The third-order valence-corrected chi connectivity index (χ3v) is 0. The van der Waals surface area contributed by atoms with E-state index in [1.165, 1.54) is 0 Å². The summed E-state index contributed by atoms with van der Waals surface area (Å²) in [5, 5.41) is 0. The molecule has 7 heteroatoms. The van der Waals surface area contributed by atoms with Crippen molar-refractivity contribution in [3.8, 4) is 0 Å². The van der Waals surface area contributed by atoms with Crippen LogP contribution in [0.15, 0.2) is 0 Å². The Kier molecular flexibility index (Phi) is 3470. The Morgan fingerprint density at radius 2 is 0.429 bits per heavy atom. The van der Waals surface area contributed by atoms with Crippen LogP contribution in [-0.2, 0) is 0 Å². The summed E-state index contributed by atoms with van der Waals surface area (Å²) in [6.07, 6.45) is 0. The molecular weight excluding hydrogens is 269 g/mol. The molecule has 0 rings (SSSR count). The van der Waals surface area contributed by atoms with Crippen LogP contribution in [0.4, 0.5) is 0 Å². The minimum atomic E-state index is 0. The molecular formula is H12Cl3InO3. The average Bonchev–Trinajstić information content (AvgIpc) is 0. The Bertz CT molecular complexity index is 10.1. The van der Waals surface area contributed by atoms with Gasteiger partial charge in [-0.15, -0.1) is 37.2 Å². The van der Waals surface area contributed by atoms with Crippen LogP contribution in [0.5, 0.6) is 0 Å². The Morgan fingerprint density at radius 3 is 0.429 bits per heavy atom. The van der Waals surface area contributed by atoms with Crippen molar-refractivity contribution in [2.75, 3.05) is 0 Å². The summed E-state index contributed by atoms with van der Waals surface area (Å²) in [5.74, 6) is 0. The van der Waals surface area contributed by atoms with Gasteiger partial charge in [0.2, 0.25) is 0 Å². The van der Waals surface area contributed by atoms with Gasteiger partial charge in [-0.2, -0.15) is 0 Å². The molecule has 0 aromatic heterocycles. The Morgan fingerprint density at radius 1 is 0.429 bits per heavy atom. The maximum absolute atomic E-state index is 0. The Balaban J connectivity index is 0. The summed E-state index contributed by atoms with van der Waals surface area (Å²) in [7, 11) is 0. The van der Waals surface area contributed by atoms with Crippen molar-refractivity contribution in [3.05, 3.63) is 0 Å². The quantitative estimate of drug-likeness (QED) is 0.473. The molecule has 0 aliphatic heterocycles. The fourth-order valence-electron chi connectivity index (χ4n) is 0. The number of halogens is 3. The second kappa shape index (κ2) is 127. The first kappa shape index (κ1) is 191. The first-order chi connectivity index (χ1) is 0. The van der Waals surface area contributed by atoms with Crippen molar-refractivity contribution < 1.29 is 16.4 Å². The molecule has 54 valence electrons. The van der Waals surface area contributed by atoms with E-state index in [2.05, 4.69) is 0 Å². The zero-order valence-corrected chi connectivity index (χ0v) is 5.17. The van der Waals surface area contributed by atoms with Crippen molar-refractivity contribution in [3.63, 3.8) is 0 Å². The summed E-state index contributed by atoms with van der Waals surface area (Å²) < 4.78 is 0. The van der Waals surface area contributed by atoms with Crippen molar-refractivity contribution in [1.29, 1.82) is 0 Å². The Labute approximate surface area is 79.2 Å². The fraction of sp³-hybridized carbons (Fsp3) is 0. The van der Waals surface area contributed by atoms with Gasteiger partial charge in [-0.25, -0.2) is 0 Å². The summed E-state index contributed by atoms with van der Waals surface area (Å²) in [6.45, 7) is 0. The third kappa shape index (κ3) is 91.7. The predicted octanol–water partition coefficient (Wildman–Crippen LogP) is -2.39. The molecule has 0 fully saturated rings. The first-order valence-corrected chi connectivity index (χ1v) is 0. The Hall–Kier alpha value is 1.62. The zero-order valence-electron chi connectivity index (χ0n) is 2.72. The van der Waals surface area contributed by atoms with Gasteiger partial charge in [0.25, 0.3) is 0 Å². The van der Waals surface area contributed by atoms with Gasteiger partial charge in [0, 0.05) is 0 Å². The fourth-order valence-corrected chi connectivity index (χ4v) is 0. The molecule has 0 amide bonds. The van der Waals surface area contributed by atoms with Gasteiger partial charge in [0.15, 0.2) is 0 Å². The molecule has 3 nitrogen and oxygen atoms in total. The number of hydrogen-bond donors (Lipinski definition) is 0. The van der Waals surface area contributed by atoms with Crippen LogP contribution in [-0.4, -0.2) is 42.3 Å². The summed E-state index contributed by atoms with van der Waals surface area (Å²) in [5.41, 5.74) is 0. The third-order valence-electron chi connectivity index (χ3n) is 0. The van der Waals surface area contributed by atoms with Crippen LogP contribution in [0.2, 0.25) is 0 Å². The van der Waals surface area contributed by atoms with Crippen molar-refractivity contribution >= 4 is 63.1 Å². The van der Waals surface area contributed by atoms with Gasteiger partial charge in [-0.1, -0.05) is 0 Å². The van der Waals surface area contributed by atoms with Crippen LogP contribution >= 0.6 is 37.2 Å². The second-order valence-electron chi connectivity index (χ2n) is 0. The molecule has 0 atom stereocenters. The topological polar surface area (TPSA) is 94.5 Å². The van der Waals surface area contributed by atoms with Gasteiger partial charge in [0.1, 0.15) is 0 Å². The van der Waals surface area contributed by atoms with Gasteiger partial charge < -0.3 is 16.4 Å². The van der Waals surface area contributed by atoms with E-state index >= 15 is 0 Å². The second-order valence-corrected chi connectivity index (χ2v) is 0. The van der Waals surface area contributed by atoms with Crippen molar-refractivity contribution in [2.45, 2.75) is 0 Å². The van der Waals surface area contributed by atoms with Crippen molar-refractivity contribution in [1.82, 2.24) is 0 Å². The standard InChI is InChI=1S/3ClH.In.3H2O.3H/h3*1H;;3*1H2;;;. The average molecular weight is 281 g/mol. The molecule has 7 heavy (non-hydrogen) atoms. The minimum absolute atomic E-state index is 0. The van der Waals surface area contributed by atoms with Crippen LogP contribution in [0.1, 0.15) is 0 Å². The van der Waals surface area contributed by atoms with Gasteiger partial charge in [-0.05, 0) is 0 Å². The van der Waals surface area contributed by atoms with Crippen LogP contribution in [0, 0.1) is 0 Å². The maximum atomic E-state index is 0. The molecule has 0 radical (unpaired) electrons. The van der Waals surface area contributed by atoms with E-state index < -0.39 is 0 Å². The van der Waals surface area contributed by atoms with E-state index in [1.54, 1.807) is 0 Å². The van der Waals surface area contributed by atoms with Gasteiger partial charge in [-0.3, -0.25) is 0 Å². The monoisotopic (exact) mass is 280 g/mol. The number of rotatable bonds is 0. The van der Waals surface area contributed by atoms with Crippen LogP contribution in [0.25, 0.3) is 0 Å². The van der Waals surface area contributed by atoms with E-state index in [0.29, 0.717) is 0 Å². The van der Waals surface area contributed by atoms with E-state index in [-0.39, 0.29) is 79.5 Å². The molecule has 6 N–H and O–H groups in total. The summed E-state index contributed by atoms with van der Waals surface area (Å²) in [6, 6.07) is 0. The molecule has 0 aromatic carbocycles. The van der Waals surface area contributed by atoms with Gasteiger partial charge >= 0.3 is 25.8 Å². The molecule has 0 heterocycles. The summed E-state index contributed by atoms with van der Waals surface area (Å²) in [4.78, 5) is 0. The molecule has 0 spiro atoms. The molecule has 0 bridgehead atoms. The van der Waals surface area contributed by atoms with E-state index in [4.69, 9.17) is 0 Å². The van der Waals surface area contributed by atoms with E-state index in [0.717, 1.165) is 0 Å². The molecule has 0 unspecified atom stereocenters. The molecule has 0 aliphatic rings. The first-order valence-electron chi connectivity index (χ1n) is 0.